The molecule has 0 saturated carbocycles. The van der Waals surface area contributed by atoms with E-state index >= 15 is 0 Å². The zero-order valence-corrected chi connectivity index (χ0v) is 16.2. The van der Waals surface area contributed by atoms with E-state index in [1.54, 1.807) is 30.5 Å². The van der Waals surface area contributed by atoms with E-state index in [4.69, 9.17) is 5.11 Å². The summed E-state index contributed by atoms with van der Waals surface area (Å²) in [5.41, 5.74) is 7.50. The van der Waals surface area contributed by atoms with E-state index in [0.29, 0.717) is 0 Å². The molecule has 3 N–H and O–H groups in total. The van der Waals surface area contributed by atoms with Crippen molar-refractivity contribution in [2.45, 2.75) is 13.8 Å². The number of aryl methyl sites for hydroxylation is 2. The van der Waals surface area contributed by atoms with Crippen LogP contribution in [0.25, 0.3) is 5.69 Å². The molecule has 0 aliphatic carbocycles. The number of carbonyl (C=O) groups is 2. The summed E-state index contributed by atoms with van der Waals surface area (Å²) in [6.07, 6.45) is 3.37. The lowest BCUT2D eigenvalue weighted by molar-refractivity contribution is -0.119. The van der Waals surface area contributed by atoms with E-state index in [-0.39, 0.29) is 18.0 Å². The molecule has 7 nitrogen and oxygen atoms in total. The number of nitrogens with zero attached hydrogens (tertiary/aromatic N) is 2. The molecule has 0 aliphatic heterocycles. The summed E-state index contributed by atoms with van der Waals surface area (Å²) in [6.45, 7) is 4.17. The molecular formula is C22H22N4O3. The molecule has 0 saturated heterocycles. The predicted octanol–water partition coefficient (Wildman–Crippen LogP) is 3.35. The first-order chi connectivity index (χ1) is 13.9. The quantitative estimate of drug-likeness (QED) is 0.426. The van der Waals surface area contributed by atoms with Crippen LogP contribution in [-0.2, 0) is 4.79 Å². The summed E-state index contributed by atoms with van der Waals surface area (Å²) in [5, 5.41) is 16.1. The number of hydrogen-bond donors (Lipinski definition) is 3. The summed E-state index contributed by atoms with van der Waals surface area (Å²) in [5.74, 6) is -1.23. The highest BCUT2D eigenvalue weighted by atomic mass is 16.4. The Morgan fingerprint density at radius 2 is 1.83 bits per heavy atom. The van der Waals surface area contributed by atoms with Crippen molar-refractivity contribution in [2.24, 2.45) is 5.10 Å². The lowest BCUT2D eigenvalue weighted by Crippen LogP contribution is -2.26. The van der Waals surface area contributed by atoms with Gasteiger partial charge >= 0.3 is 5.97 Å². The molecule has 29 heavy (non-hydrogen) atoms. The number of rotatable bonds is 7. The SMILES string of the molecule is Cc1ccc(NCC(=O)N/N=C\c2cccn2-c2ccc(C(=O)O)cc2)cc1C. The zero-order chi connectivity index (χ0) is 20.8. The normalized spacial score (nSPS) is 10.8. The maximum Gasteiger partial charge on any atom is 0.335 e. The average molecular weight is 390 g/mol. The molecule has 7 heteroatoms. The van der Waals surface area contributed by atoms with Crippen LogP contribution in [0.1, 0.15) is 27.2 Å². The molecule has 148 valence electrons. The summed E-state index contributed by atoms with van der Waals surface area (Å²) in [6, 6.07) is 16.1. The number of carboxylic acid groups (broad SMARTS) is 1. The molecule has 1 aromatic heterocycles. The van der Waals surface area contributed by atoms with E-state index in [1.165, 1.54) is 5.56 Å². The van der Waals surface area contributed by atoms with Crippen molar-refractivity contribution in [2.75, 3.05) is 11.9 Å². The van der Waals surface area contributed by atoms with Crippen LogP contribution in [0.4, 0.5) is 5.69 Å². The number of hydrazone groups is 1. The fraction of sp³-hybridized carbons (Fsp3) is 0.136. The Morgan fingerprint density at radius 3 is 2.52 bits per heavy atom. The number of aromatic carboxylic acids is 1. The molecule has 0 bridgehead atoms. The van der Waals surface area contributed by atoms with Crippen LogP contribution in [0.3, 0.4) is 0 Å². The molecule has 1 heterocycles. The zero-order valence-electron chi connectivity index (χ0n) is 16.2. The van der Waals surface area contributed by atoms with Gasteiger partial charge in [0.1, 0.15) is 0 Å². The number of carboxylic acids is 1. The Hall–Kier alpha value is -3.87. The molecule has 3 aromatic rings. The number of nitrogens with one attached hydrogen (secondary N) is 2. The van der Waals surface area contributed by atoms with Crippen LogP contribution in [0, 0.1) is 13.8 Å². The first-order valence-corrected chi connectivity index (χ1v) is 9.08. The highest BCUT2D eigenvalue weighted by molar-refractivity contribution is 5.88. The summed E-state index contributed by atoms with van der Waals surface area (Å²) in [7, 11) is 0. The minimum atomic E-state index is -0.969. The molecule has 3 rings (SSSR count). The van der Waals surface area contributed by atoms with Gasteiger partial charge in [0.25, 0.3) is 5.91 Å². The van der Waals surface area contributed by atoms with Gasteiger partial charge in [-0.25, -0.2) is 10.2 Å². The van der Waals surface area contributed by atoms with Crippen LogP contribution in [-0.4, -0.2) is 34.3 Å². The van der Waals surface area contributed by atoms with Crippen molar-refractivity contribution in [1.82, 2.24) is 9.99 Å². The van der Waals surface area contributed by atoms with Gasteiger partial charge in [-0.2, -0.15) is 5.10 Å². The third kappa shape index (κ3) is 5.10. The van der Waals surface area contributed by atoms with Crippen LogP contribution in [0.5, 0.6) is 0 Å². The Kier molecular flexibility index (Phi) is 6.09. The van der Waals surface area contributed by atoms with E-state index in [9.17, 15) is 9.59 Å². The first-order valence-electron chi connectivity index (χ1n) is 9.08. The maximum absolute atomic E-state index is 12.0. The van der Waals surface area contributed by atoms with Crippen LogP contribution in [0.2, 0.25) is 0 Å². The standard InChI is InChI=1S/C22H22N4O3/c1-15-5-8-18(12-16(15)2)23-14-21(27)25-24-13-20-4-3-11-26(20)19-9-6-17(7-10-19)22(28)29/h3-13,23H,14H2,1-2H3,(H,25,27)(H,28,29)/b24-13-. The topological polar surface area (TPSA) is 95.7 Å². The highest BCUT2D eigenvalue weighted by Crippen LogP contribution is 2.14. The molecule has 0 fully saturated rings. The van der Waals surface area contributed by atoms with Crippen LogP contribution < -0.4 is 10.7 Å². The summed E-state index contributed by atoms with van der Waals surface area (Å²) in [4.78, 5) is 23.0. The fourth-order valence-corrected chi connectivity index (χ4v) is 2.74. The Morgan fingerprint density at radius 1 is 1.07 bits per heavy atom. The van der Waals surface area contributed by atoms with E-state index in [1.807, 2.05) is 54.9 Å². The second kappa shape index (κ2) is 8.88. The van der Waals surface area contributed by atoms with Gasteiger partial charge in [-0.15, -0.1) is 0 Å². The third-order valence-electron chi connectivity index (χ3n) is 4.52. The summed E-state index contributed by atoms with van der Waals surface area (Å²) < 4.78 is 1.84. The summed E-state index contributed by atoms with van der Waals surface area (Å²) >= 11 is 0. The lowest BCUT2D eigenvalue weighted by Gasteiger charge is -2.08. The van der Waals surface area contributed by atoms with Gasteiger partial charge in [0.2, 0.25) is 0 Å². The second-order valence-electron chi connectivity index (χ2n) is 6.60. The number of hydrogen-bond acceptors (Lipinski definition) is 4. The lowest BCUT2D eigenvalue weighted by atomic mass is 10.1. The molecule has 0 radical (unpaired) electrons. The second-order valence-corrected chi connectivity index (χ2v) is 6.60. The molecule has 1 amide bonds. The maximum atomic E-state index is 12.0. The van der Waals surface area contributed by atoms with E-state index in [2.05, 4.69) is 15.8 Å². The molecule has 0 atom stereocenters. The van der Waals surface area contributed by atoms with Crippen LogP contribution >= 0.6 is 0 Å². The van der Waals surface area contributed by atoms with E-state index < -0.39 is 5.97 Å². The van der Waals surface area contributed by atoms with Crippen molar-refractivity contribution in [1.29, 1.82) is 0 Å². The van der Waals surface area contributed by atoms with Gasteiger partial charge in [-0.3, -0.25) is 4.79 Å². The van der Waals surface area contributed by atoms with Gasteiger partial charge < -0.3 is 15.0 Å². The third-order valence-corrected chi connectivity index (χ3v) is 4.52. The number of anilines is 1. The number of aromatic nitrogens is 1. The van der Waals surface area contributed by atoms with Gasteiger partial charge in [-0.1, -0.05) is 6.07 Å². The first kappa shape index (κ1) is 19.9. The largest absolute Gasteiger partial charge is 0.478 e. The minimum absolute atomic E-state index is 0.109. The van der Waals surface area contributed by atoms with Gasteiger partial charge in [0, 0.05) is 17.6 Å². The van der Waals surface area contributed by atoms with Gasteiger partial charge in [-0.05, 0) is 73.5 Å². The average Bonchev–Trinajstić information content (AvgIpc) is 3.17. The number of benzene rings is 2. The highest BCUT2D eigenvalue weighted by Gasteiger charge is 2.05. The van der Waals surface area contributed by atoms with Gasteiger partial charge in [0.15, 0.2) is 0 Å². The minimum Gasteiger partial charge on any atom is -0.478 e. The molecule has 0 unspecified atom stereocenters. The Balaban J connectivity index is 1.58. The van der Waals surface area contributed by atoms with Gasteiger partial charge in [0.05, 0.1) is 24.0 Å². The predicted molar refractivity (Wildman–Crippen MR) is 113 cm³/mol. The Labute approximate surface area is 168 Å². The molecule has 0 aliphatic rings. The Bertz CT molecular complexity index is 1050. The monoisotopic (exact) mass is 390 g/mol. The van der Waals surface area contributed by atoms with Crippen molar-refractivity contribution in [3.05, 3.63) is 83.2 Å². The van der Waals surface area contributed by atoms with Crippen molar-refractivity contribution < 1.29 is 14.7 Å². The smallest absolute Gasteiger partial charge is 0.335 e. The van der Waals surface area contributed by atoms with Crippen molar-refractivity contribution >= 4 is 23.8 Å². The van der Waals surface area contributed by atoms with Crippen molar-refractivity contribution in [3.8, 4) is 5.69 Å². The van der Waals surface area contributed by atoms with Crippen LogP contribution in [0.15, 0.2) is 65.9 Å². The number of amides is 1. The van der Waals surface area contributed by atoms with Crippen molar-refractivity contribution in [3.63, 3.8) is 0 Å². The fourth-order valence-electron chi connectivity index (χ4n) is 2.74. The molecule has 2 aromatic carbocycles. The number of carbonyl (C=O) groups excluding carboxylic acids is 1. The van der Waals surface area contributed by atoms with E-state index in [0.717, 1.165) is 22.6 Å². The molecule has 0 spiro atoms. The molecular weight excluding hydrogens is 368 g/mol.